The van der Waals surface area contributed by atoms with E-state index < -0.39 is 0 Å². The molecule has 2 aromatic rings. The first kappa shape index (κ1) is 21.0. The third-order valence-corrected chi connectivity index (χ3v) is 4.94. The summed E-state index contributed by atoms with van der Waals surface area (Å²) in [5.74, 6) is 0.163. The van der Waals surface area contributed by atoms with Crippen LogP contribution in [0.3, 0.4) is 0 Å². The van der Waals surface area contributed by atoms with Crippen LogP contribution in [-0.2, 0) is 11.3 Å². The van der Waals surface area contributed by atoms with Gasteiger partial charge in [0.25, 0.3) is 0 Å². The molecular formula is C23H25IN2O. The zero-order valence-electron chi connectivity index (χ0n) is 15.6. The highest BCUT2D eigenvalue weighted by atomic mass is 127. The smallest absolute Gasteiger partial charge is 0.117 e. The summed E-state index contributed by atoms with van der Waals surface area (Å²) in [4.78, 5) is 1.93. The van der Waals surface area contributed by atoms with Gasteiger partial charge in [-0.1, -0.05) is 71.1 Å². The second-order valence-corrected chi connectivity index (χ2v) is 7.26. The molecule has 27 heavy (non-hydrogen) atoms. The molecule has 0 bridgehead atoms. The standard InChI is InChI=1S/C23H25IN2O/c1-26(22-12-6-3-7-13-22)23(18-25)17-20(11-8-15-24)14-16-27-19-21-9-4-2-5-10-21/h2-7,9-10,12-14,16-17,20H,8,11,15,19H2,1H3/b16-14+,23-17-. The molecule has 0 aliphatic rings. The monoisotopic (exact) mass is 472 g/mol. The van der Waals surface area contributed by atoms with E-state index >= 15 is 0 Å². The molecule has 2 aromatic carbocycles. The summed E-state index contributed by atoms with van der Waals surface area (Å²) in [7, 11) is 1.93. The predicted octanol–water partition coefficient (Wildman–Crippen LogP) is 6.09. The first-order valence-electron chi connectivity index (χ1n) is 9.03. The Hall–Kier alpha value is -2.26. The van der Waals surface area contributed by atoms with Gasteiger partial charge in [0.15, 0.2) is 0 Å². The second-order valence-electron chi connectivity index (χ2n) is 6.18. The largest absolute Gasteiger partial charge is 0.497 e. The van der Waals surface area contributed by atoms with Crippen molar-refractivity contribution in [1.29, 1.82) is 5.26 Å². The number of hydrogen-bond donors (Lipinski definition) is 0. The van der Waals surface area contributed by atoms with E-state index in [0.717, 1.165) is 28.5 Å². The molecule has 0 amide bonds. The number of nitriles is 1. The van der Waals surface area contributed by atoms with Crippen LogP contribution in [-0.4, -0.2) is 11.5 Å². The predicted molar refractivity (Wildman–Crippen MR) is 121 cm³/mol. The summed E-state index contributed by atoms with van der Waals surface area (Å²) < 4.78 is 6.78. The van der Waals surface area contributed by atoms with E-state index in [4.69, 9.17) is 4.74 Å². The molecule has 0 spiro atoms. The van der Waals surface area contributed by atoms with Crippen molar-refractivity contribution in [3.05, 3.63) is 90.3 Å². The van der Waals surface area contributed by atoms with Crippen LogP contribution in [0.4, 0.5) is 5.69 Å². The zero-order chi connectivity index (χ0) is 19.3. The van der Waals surface area contributed by atoms with Gasteiger partial charge in [0.2, 0.25) is 0 Å². The van der Waals surface area contributed by atoms with E-state index in [0.29, 0.717) is 12.3 Å². The van der Waals surface area contributed by atoms with E-state index in [1.807, 2.05) is 84.8 Å². The van der Waals surface area contributed by atoms with Crippen LogP contribution in [0.5, 0.6) is 0 Å². The molecule has 4 heteroatoms. The van der Waals surface area contributed by atoms with E-state index in [9.17, 15) is 5.26 Å². The molecule has 0 aromatic heterocycles. The first-order valence-corrected chi connectivity index (χ1v) is 10.6. The molecule has 0 aliphatic heterocycles. The first-order chi connectivity index (χ1) is 13.2. The maximum absolute atomic E-state index is 9.64. The van der Waals surface area contributed by atoms with Crippen molar-refractivity contribution in [2.45, 2.75) is 19.4 Å². The molecule has 0 heterocycles. The Labute approximate surface area is 176 Å². The van der Waals surface area contributed by atoms with E-state index in [1.54, 1.807) is 6.26 Å². The van der Waals surface area contributed by atoms with E-state index in [-0.39, 0.29) is 5.92 Å². The van der Waals surface area contributed by atoms with Crippen molar-refractivity contribution in [3.63, 3.8) is 0 Å². The van der Waals surface area contributed by atoms with Crippen molar-refractivity contribution in [2.24, 2.45) is 5.92 Å². The molecule has 0 aliphatic carbocycles. The van der Waals surface area contributed by atoms with Crippen molar-refractivity contribution in [2.75, 3.05) is 16.4 Å². The summed E-state index contributed by atoms with van der Waals surface area (Å²) in [6, 6.07) is 22.4. The minimum atomic E-state index is 0.163. The average Bonchev–Trinajstić information content (AvgIpc) is 2.73. The van der Waals surface area contributed by atoms with Crippen LogP contribution in [0.2, 0.25) is 0 Å². The zero-order valence-corrected chi connectivity index (χ0v) is 17.7. The Balaban J connectivity index is 2.05. The van der Waals surface area contributed by atoms with Crippen molar-refractivity contribution in [1.82, 2.24) is 0 Å². The maximum atomic E-state index is 9.64. The lowest BCUT2D eigenvalue weighted by Gasteiger charge is -2.19. The van der Waals surface area contributed by atoms with Crippen LogP contribution in [0.1, 0.15) is 18.4 Å². The third kappa shape index (κ3) is 7.48. The van der Waals surface area contributed by atoms with Gasteiger partial charge < -0.3 is 9.64 Å². The van der Waals surface area contributed by atoms with Gasteiger partial charge >= 0.3 is 0 Å². The number of allylic oxidation sites excluding steroid dienone is 3. The lowest BCUT2D eigenvalue weighted by atomic mass is 10.0. The van der Waals surface area contributed by atoms with Crippen LogP contribution in [0, 0.1) is 17.2 Å². The fraction of sp³-hybridized carbons (Fsp3) is 0.261. The molecule has 0 radical (unpaired) electrons. The minimum absolute atomic E-state index is 0.163. The van der Waals surface area contributed by atoms with Crippen LogP contribution >= 0.6 is 22.6 Å². The van der Waals surface area contributed by atoms with Crippen LogP contribution in [0.25, 0.3) is 0 Å². The van der Waals surface area contributed by atoms with Crippen molar-refractivity contribution >= 4 is 28.3 Å². The lowest BCUT2D eigenvalue weighted by Crippen LogP contribution is -2.16. The van der Waals surface area contributed by atoms with Gasteiger partial charge in [0.05, 0.1) is 6.26 Å². The highest BCUT2D eigenvalue weighted by Gasteiger charge is 2.10. The van der Waals surface area contributed by atoms with Gasteiger partial charge in [0.1, 0.15) is 18.4 Å². The molecule has 0 N–H and O–H groups in total. The van der Waals surface area contributed by atoms with E-state index in [2.05, 4.69) is 28.7 Å². The molecule has 3 nitrogen and oxygen atoms in total. The van der Waals surface area contributed by atoms with Gasteiger partial charge in [-0.15, -0.1) is 0 Å². The summed E-state index contributed by atoms with van der Waals surface area (Å²) in [6.45, 7) is 0.551. The molecule has 2 rings (SSSR count). The Kier molecular flexibility index (Phi) is 9.50. The SMILES string of the molecule is CN(/C(C#N)=C\C(/C=C/OCc1ccccc1)CCCI)c1ccccc1. The van der Waals surface area contributed by atoms with Gasteiger partial charge in [-0.3, -0.25) is 0 Å². The fourth-order valence-corrected chi connectivity index (χ4v) is 3.08. The number of ether oxygens (including phenoxy) is 1. The highest BCUT2D eigenvalue weighted by molar-refractivity contribution is 14.1. The molecule has 140 valence electrons. The second kappa shape index (κ2) is 12.2. The number of para-hydroxylation sites is 1. The van der Waals surface area contributed by atoms with E-state index in [1.165, 1.54) is 0 Å². The minimum Gasteiger partial charge on any atom is -0.497 e. The number of hydrogen-bond acceptors (Lipinski definition) is 3. The molecule has 0 fully saturated rings. The van der Waals surface area contributed by atoms with Crippen molar-refractivity contribution in [3.8, 4) is 6.07 Å². The number of alkyl halides is 1. The lowest BCUT2D eigenvalue weighted by molar-refractivity contribution is 0.234. The average molecular weight is 472 g/mol. The highest BCUT2D eigenvalue weighted by Crippen LogP contribution is 2.20. The summed E-state index contributed by atoms with van der Waals surface area (Å²) in [5.41, 5.74) is 2.79. The molecule has 0 saturated carbocycles. The molecule has 0 saturated heterocycles. The molecular weight excluding hydrogens is 447 g/mol. The Morgan fingerprint density at radius 3 is 2.44 bits per heavy atom. The number of rotatable bonds is 10. The van der Waals surface area contributed by atoms with Gasteiger partial charge in [0, 0.05) is 18.7 Å². The number of benzene rings is 2. The normalized spacial score (nSPS) is 12.6. The Morgan fingerprint density at radius 1 is 1.15 bits per heavy atom. The Bertz CT molecular complexity index is 766. The van der Waals surface area contributed by atoms with Gasteiger partial charge in [-0.25, -0.2) is 0 Å². The fourth-order valence-electron chi connectivity index (χ4n) is 2.64. The summed E-state index contributed by atoms with van der Waals surface area (Å²) in [5, 5.41) is 9.64. The van der Waals surface area contributed by atoms with Gasteiger partial charge in [-0.05, 0) is 47.1 Å². The topological polar surface area (TPSA) is 36.3 Å². The number of nitrogens with zero attached hydrogens (tertiary/aromatic N) is 2. The quantitative estimate of drug-likeness (QED) is 0.182. The molecule has 1 unspecified atom stereocenters. The maximum Gasteiger partial charge on any atom is 0.117 e. The van der Waals surface area contributed by atoms with Crippen LogP contribution in [0.15, 0.2) is 84.8 Å². The Morgan fingerprint density at radius 2 is 1.81 bits per heavy atom. The summed E-state index contributed by atoms with van der Waals surface area (Å²) in [6.07, 6.45) is 7.92. The third-order valence-electron chi connectivity index (χ3n) is 4.18. The number of halogens is 1. The molecule has 1 atom stereocenters. The van der Waals surface area contributed by atoms with Gasteiger partial charge in [-0.2, -0.15) is 5.26 Å². The van der Waals surface area contributed by atoms with Crippen molar-refractivity contribution < 1.29 is 4.74 Å². The summed E-state index contributed by atoms with van der Waals surface area (Å²) >= 11 is 2.39. The number of anilines is 1. The van der Waals surface area contributed by atoms with Crippen LogP contribution < -0.4 is 4.90 Å².